The van der Waals surface area contributed by atoms with Crippen LogP contribution in [0.2, 0.25) is 0 Å². The molecule has 5 nitrogen and oxygen atoms in total. The second-order valence-electron chi connectivity index (χ2n) is 7.49. The van der Waals surface area contributed by atoms with Gasteiger partial charge in [-0.3, -0.25) is 0 Å². The summed E-state index contributed by atoms with van der Waals surface area (Å²) in [5.41, 5.74) is 3.10. The van der Waals surface area contributed by atoms with Gasteiger partial charge in [0.1, 0.15) is 11.0 Å². The highest BCUT2D eigenvalue weighted by Crippen LogP contribution is 2.52. The van der Waals surface area contributed by atoms with Gasteiger partial charge in [0, 0.05) is 19.5 Å². The number of hydrogen-bond donors (Lipinski definition) is 0. The molecule has 0 radical (unpaired) electrons. The Bertz CT molecular complexity index is 1070. The van der Waals surface area contributed by atoms with Crippen LogP contribution in [0.4, 0.5) is 0 Å². The normalized spacial score (nSPS) is 11.7. The number of fused-ring (bicyclic) bond motifs is 1. The van der Waals surface area contributed by atoms with E-state index < -0.39 is 0 Å². The molecule has 0 aliphatic heterocycles. The topological polar surface area (TPSA) is 57.4 Å². The van der Waals surface area contributed by atoms with E-state index in [1.807, 2.05) is 0 Å². The monoisotopic (exact) mass is 428 g/mol. The average molecular weight is 429 g/mol. The number of thiophene rings is 2. The van der Waals surface area contributed by atoms with Gasteiger partial charge in [-0.25, -0.2) is 4.63 Å². The maximum atomic E-state index is 5.86. The molecule has 0 aliphatic rings. The molecule has 7 heteroatoms. The lowest BCUT2D eigenvalue weighted by atomic mass is 10.0. The first-order valence-corrected chi connectivity index (χ1v) is 11.2. The molecule has 0 saturated heterocycles. The fraction of sp³-hybridized carbons (Fsp3) is 0.364. The summed E-state index contributed by atoms with van der Waals surface area (Å²) in [6.45, 7) is 8.75. The molecule has 0 aliphatic carbocycles. The number of ether oxygens (including phenoxy) is 2. The zero-order valence-corrected chi connectivity index (χ0v) is 19.0. The fourth-order valence-electron chi connectivity index (χ4n) is 3.40. The minimum atomic E-state index is 0.451. The molecule has 3 heterocycles. The highest BCUT2D eigenvalue weighted by Gasteiger charge is 2.28. The zero-order chi connectivity index (χ0) is 20.7. The molecule has 0 N–H and O–H groups in total. The van der Waals surface area contributed by atoms with E-state index in [0.29, 0.717) is 34.4 Å². The van der Waals surface area contributed by atoms with Crippen LogP contribution in [-0.2, 0) is 0 Å². The van der Waals surface area contributed by atoms with E-state index in [1.165, 1.54) is 9.75 Å². The Labute approximate surface area is 178 Å². The average Bonchev–Trinajstić information content (AvgIpc) is 3.45. The first kappa shape index (κ1) is 19.9. The molecule has 0 unspecified atom stereocenters. The Morgan fingerprint density at radius 3 is 1.45 bits per heavy atom. The van der Waals surface area contributed by atoms with Crippen molar-refractivity contribution in [3.63, 3.8) is 0 Å². The van der Waals surface area contributed by atoms with Crippen molar-refractivity contribution in [3.8, 4) is 32.4 Å². The largest absolute Gasteiger partial charge is 0.492 e. The Morgan fingerprint density at radius 1 is 0.724 bits per heavy atom. The summed E-state index contributed by atoms with van der Waals surface area (Å²) < 4.78 is 16.9. The van der Waals surface area contributed by atoms with Crippen molar-refractivity contribution in [1.29, 1.82) is 0 Å². The molecule has 4 aromatic rings. The Kier molecular flexibility index (Phi) is 5.36. The molecule has 0 saturated carbocycles. The van der Waals surface area contributed by atoms with Crippen molar-refractivity contribution in [2.75, 3.05) is 14.2 Å². The van der Waals surface area contributed by atoms with E-state index >= 15 is 0 Å². The zero-order valence-electron chi connectivity index (χ0n) is 17.4. The van der Waals surface area contributed by atoms with E-state index in [-0.39, 0.29) is 0 Å². The molecule has 4 rings (SSSR count). The van der Waals surface area contributed by atoms with Crippen LogP contribution in [0.15, 0.2) is 28.9 Å². The van der Waals surface area contributed by atoms with Gasteiger partial charge in [0.15, 0.2) is 11.5 Å². The van der Waals surface area contributed by atoms with Crippen LogP contribution in [0.1, 0.15) is 49.3 Å². The standard InChI is InChI=1S/C22H24N2O3S2/c1-11(2)13-7-9-15(28-13)17-19-20(24-27-23-19)18(22(26-6)21(17)25-5)16-10-8-14(29-16)12(3)4/h7-12H,1-6H3. The van der Waals surface area contributed by atoms with Gasteiger partial charge in [-0.2, -0.15) is 0 Å². The van der Waals surface area contributed by atoms with Gasteiger partial charge >= 0.3 is 0 Å². The van der Waals surface area contributed by atoms with Crippen molar-refractivity contribution in [1.82, 2.24) is 10.3 Å². The summed E-state index contributed by atoms with van der Waals surface area (Å²) in [5.74, 6) is 2.21. The molecule has 1 aromatic carbocycles. The molecule has 0 spiro atoms. The number of nitrogens with zero attached hydrogens (tertiary/aromatic N) is 2. The predicted molar refractivity (Wildman–Crippen MR) is 120 cm³/mol. The second-order valence-corrected chi connectivity index (χ2v) is 9.72. The Balaban J connectivity index is 2.03. The lowest BCUT2D eigenvalue weighted by Crippen LogP contribution is -1.97. The summed E-state index contributed by atoms with van der Waals surface area (Å²) in [6.07, 6.45) is 0. The Morgan fingerprint density at radius 2 is 1.14 bits per heavy atom. The van der Waals surface area contributed by atoms with Crippen molar-refractivity contribution in [2.24, 2.45) is 0 Å². The molecule has 0 atom stereocenters. The minimum absolute atomic E-state index is 0.451. The first-order valence-electron chi connectivity index (χ1n) is 9.56. The van der Waals surface area contributed by atoms with Gasteiger partial charge in [-0.15, -0.1) is 22.7 Å². The maximum Gasteiger partial charge on any atom is 0.172 e. The van der Waals surface area contributed by atoms with Gasteiger partial charge in [0.05, 0.1) is 25.3 Å². The molecule has 0 bridgehead atoms. The smallest absolute Gasteiger partial charge is 0.172 e. The quantitative estimate of drug-likeness (QED) is 0.333. The van der Waals surface area contributed by atoms with Crippen LogP contribution in [0, 0.1) is 0 Å². The number of methoxy groups -OCH3 is 2. The van der Waals surface area contributed by atoms with Gasteiger partial charge in [-0.05, 0) is 46.4 Å². The van der Waals surface area contributed by atoms with E-state index in [9.17, 15) is 0 Å². The Hall–Kier alpha value is -2.38. The minimum Gasteiger partial charge on any atom is -0.492 e. The van der Waals surface area contributed by atoms with E-state index in [0.717, 1.165) is 20.9 Å². The summed E-state index contributed by atoms with van der Waals surface area (Å²) in [5, 5.41) is 8.50. The third-order valence-corrected chi connectivity index (χ3v) is 7.72. The molecule has 152 valence electrons. The van der Waals surface area contributed by atoms with Crippen LogP contribution in [-0.4, -0.2) is 24.5 Å². The van der Waals surface area contributed by atoms with Crippen molar-refractivity contribution < 1.29 is 14.1 Å². The summed E-state index contributed by atoms with van der Waals surface area (Å²) in [4.78, 5) is 4.72. The van der Waals surface area contributed by atoms with Crippen molar-refractivity contribution >= 4 is 33.7 Å². The molecule has 3 aromatic heterocycles. The lowest BCUT2D eigenvalue weighted by molar-refractivity contribution is 0.315. The molecule has 0 fully saturated rings. The van der Waals surface area contributed by atoms with Gasteiger partial charge in [-0.1, -0.05) is 27.7 Å². The summed E-state index contributed by atoms with van der Waals surface area (Å²) in [7, 11) is 3.32. The third kappa shape index (κ3) is 3.32. The summed E-state index contributed by atoms with van der Waals surface area (Å²) >= 11 is 3.46. The number of hydrogen-bond acceptors (Lipinski definition) is 7. The van der Waals surface area contributed by atoms with Gasteiger partial charge in [0.2, 0.25) is 0 Å². The van der Waals surface area contributed by atoms with E-state index in [2.05, 4.69) is 62.3 Å². The highest BCUT2D eigenvalue weighted by atomic mass is 32.1. The maximum absolute atomic E-state index is 5.86. The number of aromatic nitrogens is 2. The predicted octanol–water partition coefficient (Wildman–Crippen LogP) is 6.94. The van der Waals surface area contributed by atoms with Crippen molar-refractivity contribution in [2.45, 2.75) is 39.5 Å². The number of rotatable bonds is 6. The first-order chi connectivity index (χ1) is 14.0. The van der Waals surface area contributed by atoms with Crippen LogP contribution < -0.4 is 9.47 Å². The number of benzene rings is 1. The lowest BCUT2D eigenvalue weighted by Gasteiger charge is -2.16. The molecular weight excluding hydrogens is 404 g/mol. The highest BCUT2D eigenvalue weighted by molar-refractivity contribution is 7.16. The molecular formula is C22H24N2O3S2. The van der Waals surface area contributed by atoms with Crippen molar-refractivity contribution in [3.05, 3.63) is 34.0 Å². The van der Waals surface area contributed by atoms with Gasteiger partial charge in [0.25, 0.3) is 0 Å². The SMILES string of the molecule is COc1c(OC)c(-c2ccc(C(C)C)s2)c2nonc2c1-c1ccc(C(C)C)s1. The van der Waals surface area contributed by atoms with Crippen LogP contribution in [0.3, 0.4) is 0 Å². The molecule has 29 heavy (non-hydrogen) atoms. The fourth-order valence-corrected chi connectivity index (χ4v) is 5.51. The van der Waals surface area contributed by atoms with E-state index in [1.54, 1.807) is 36.9 Å². The van der Waals surface area contributed by atoms with Crippen LogP contribution in [0.25, 0.3) is 31.9 Å². The van der Waals surface area contributed by atoms with Gasteiger partial charge < -0.3 is 9.47 Å². The van der Waals surface area contributed by atoms with Crippen LogP contribution >= 0.6 is 22.7 Å². The summed E-state index contributed by atoms with van der Waals surface area (Å²) in [6, 6.07) is 8.51. The third-order valence-electron chi connectivity index (χ3n) is 4.92. The second kappa shape index (κ2) is 7.80. The molecule has 0 amide bonds. The van der Waals surface area contributed by atoms with E-state index in [4.69, 9.17) is 14.1 Å². The van der Waals surface area contributed by atoms with Crippen LogP contribution in [0.5, 0.6) is 11.5 Å².